The van der Waals surface area contributed by atoms with Gasteiger partial charge in [-0.1, -0.05) is 71.7 Å². The van der Waals surface area contributed by atoms with Crippen LogP contribution in [0.1, 0.15) is 22.3 Å². The van der Waals surface area contributed by atoms with Crippen molar-refractivity contribution >= 4 is 23.2 Å². The average Bonchev–Trinajstić information content (AvgIpc) is 2.36. The maximum atomic E-state index is 6.47. The lowest BCUT2D eigenvalue weighted by Crippen LogP contribution is -2.14. The zero-order chi connectivity index (χ0) is 12.6. The van der Waals surface area contributed by atoms with E-state index in [4.69, 9.17) is 23.2 Å². The summed E-state index contributed by atoms with van der Waals surface area (Å²) in [6.07, 6.45) is 2.76. The zero-order valence-electron chi connectivity index (χ0n) is 10.00. The fraction of sp³-hybridized carbons (Fsp3) is 0.250. The number of benzene rings is 2. The summed E-state index contributed by atoms with van der Waals surface area (Å²) < 4.78 is -0.848. The molecule has 0 saturated carbocycles. The van der Waals surface area contributed by atoms with Crippen LogP contribution < -0.4 is 0 Å². The summed E-state index contributed by atoms with van der Waals surface area (Å²) in [6, 6.07) is 16.9. The Hall–Kier alpha value is -0.980. The molecular weight excluding hydrogens is 263 g/mol. The van der Waals surface area contributed by atoms with Gasteiger partial charge in [-0.05, 0) is 35.1 Å². The van der Waals surface area contributed by atoms with E-state index < -0.39 is 4.33 Å². The number of halogens is 2. The van der Waals surface area contributed by atoms with Crippen molar-refractivity contribution in [3.05, 3.63) is 70.8 Å². The summed E-state index contributed by atoms with van der Waals surface area (Å²) in [5.41, 5.74) is 4.83. The minimum Gasteiger partial charge on any atom is -0.0959 e. The standard InChI is InChI=1S/C16H14Cl2/c17-16(18)11-14-5-3-12(4-6-14)1-2-13-7-9-15(16)10-8-13/h3-10H,1-2,11H2. The van der Waals surface area contributed by atoms with Crippen molar-refractivity contribution in [3.63, 3.8) is 0 Å². The summed E-state index contributed by atoms with van der Waals surface area (Å²) in [7, 11) is 0. The van der Waals surface area contributed by atoms with Crippen LogP contribution in [-0.4, -0.2) is 0 Å². The first kappa shape index (κ1) is 12.1. The first-order valence-electron chi connectivity index (χ1n) is 6.18. The van der Waals surface area contributed by atoms with Crippen LogP contribution in [-0.2, 0) is 23.6 Å². The average molecular weight is 277 g/mol. The van der Waals surface area contributed by atoms with Crippen molar-refractivity contribution in [3.8, 4) is 0 Å². The van der Waals surface area contributed by atoms with Crippen molar-refractivity contribution in [2.24, 2.45) is 0 Å². The molecule has 0 heterocycles. The van der Waals surface area contributed by atoms with Gasteiger partial charge in [-0.2, -0.15) is 0 Å². The molecule has 0 aromatic heterocycles. The van der Waals surface area contributed by atoms with Gasteiger partial charge in [0.05, 0.1) is 0 Å². The van der Waals surface area contributed by atoms with Gasteiger partial charge in [-0.25, -0.2) is 0 Å². The van der Waals surface area contributed by atoms with Gasteiger partial charge in [-0.3, -0.25) is 0 Å². The van der Waals surface area contributed by atoms with Gasteiger partial charge in [0.25, 0.3) is 0 Å². The molecule has 4 aliphatic rings. The molecule has 0 nitrogen and oxygen atoms in total. The van der Waals surface area contributed by atoms with Crippen LogP contribution in [0.3, 0.4) is 0 Å². The minimum atomic E-state index is -0.848. The normalized spacial score (nSPS) is 17.2. The van der Waals surface area contributed by atoms with Gasteiger partial charge in [0, 0.05) is 6.42 Å². The van der Waals surface area contributed by atoms with Crippen LogP contribution in [0.2, 0.25) is 0 Å². The van der Waals surface area contributed by atoms with E-state index in [-0.39, 0.29) is 0 Å². The third kappa shape index (κ3) is 2.41. The lowest BCUT2D eigenvalue weighted by molar-refractivity contribution is 0.829. The highest BCUT2D eigenvalue weighted by atomic mass is 35.5. The van der Waals surface area contributed by atoms with E-state index in [0.29, 0.717) is 6.42 Å². The van der Waals surface area contributed by atoms with Crippen molar-refractivity contribution in [2.45, 2.75) is 23.6 Å². The predicted octanol–water partition coefficient (Wildman–Crippen LogP) is 4.66. The number of hydrogen-bond donors (Lipinski definition) is 0. The first-order chi connectivity index (χ1) is 8.63. The van der Waals surface area contributed by atoms with Gasteiger partial charge in [-0.15, -0.1) is 0 Å². The Kier molecular flexibility index (Phi) is 3.09. The zero-order valence-corrected chi connectivity index (χ0v) is 11.5. The molecule has 18 heavy (non-hydrogen) atoms. The Labute approximate surface area is 118 Å². The van der Waals surface area contributed by atoms with Crippen LogP contribution in [0.15, 0.2) is 48.5 Å². The quantitative estimate of drug-likeness (QED) is 0.614. The van der Waals surface area contributed by atoms with Gasteiger partial charge < -0.3 is 0 Å². The third-order valence-electron chi connectivity index (χ3n) is 3.53. The molecule has 0 saturated heterocycles. The van der Waals surface area contributed by atoms with Crippen LogP contribution in [0.25, 0.3) is 0 Å². The van der Waals surface area contributed by atoms with E-state index in [1.807, 2.05) is 12.1 Å². The summed E-state index contributed by atoms with van der Waals surface area (Å²) in [6.45, 7) is 0. The number of alkyl halides is 2. The highest BCUT2D eigenvalue weighted by Gasteiger charge is 2.27. The molecule has 0 fully saturated rings. The van der Waals surface area contributed by atoms with Crippen LogP contribution in [0.5, 0.6) is 0 Å². The smallest absolute Gasteiger partial charge is 0.0959 e. The summed E-state index contributed by atoms with van der Waals surface area (Å²) in [4.78, 5) is 0. The Morgan fingerprint density at radius 3 is 1.67 bits per heavy atom. The Morgan fingerprint density at radius 2 is 1.11 bits per heavy atom. The molecule has 2 heteroatoms. The van der Waals surface area contributed by atoms with E-state index in [0.717, 1.165) is 18.4 Å². The fourth-order valence-electron chi connectivity index (χ4n) is 2.39. The molecule has 0 aliphatic heterocycles. The molecular formula is C16H14Cl2. The minimum absolute atomic E-state index is 0.635. The monoisotopic (exact) mass is 276 g/mol. The largest absolute Gasteiger partial charge is 0.147 e. The lowest BCUT2D eigenvalue weighted by Gasteiger charge is -2.21. The van der Waals surface area contributed by atoms with E-state index in [1.54, 1.807) is 0 Å². The predicted molar refractivity (Wildman–Crippen MR) is 77.4 cm³/mol. The molecule has 6 rings (SSSR count). The molecule has 2 aromatic rings. The topological polar surface area (TPSA) is 0 Å². The fourth-order valence-corrected chi connectivity index (χ4v) is 2.95. The van der Waals surface area contributed by atoms with Gasteiger partial charge in [0.2, 0.25) is 0 Å². The number of aryl methyl sites for hydroxylation is 2. The van der Waals surface area contributed by atoms with Crippen LogP contribution in [0.4, 0.5) is 0 Å². The Morgan fingerprint density at radius 1 is 0.667 bits per heavy atom. The second-order valence-corrected chi connectivity index (χ2v) is 6.38. The maximum absolute atomic E-state index is 6.47. The maximum Gasteiger partial charge on any atom is 0.147 e. The second-order valence-electron chi connectivity index (χ2n) is 4.89. The van der Waals surface area contributed by atoms with E-state index in [1.165, 1.54) is 16.7 Å². The molecule has 92 valence electrons. The van der Waals surface area contributed by atoms with Gasteiger partial charge in [0.15, 0.2) is 0 Å². The van der Waals surface area contributed by atoms with Gasteiger partial charge >= 0.3 is 0 Å². The van der Waals surface area contributed by atoms with E-state index in [9.17, 15) is 0 Å². The van der Waals surface area contributed by atoms with E-state index in [2.05, 4.69) is 36.4 Å². The molecule has 0 N–H and O–H groups in total. The SMILES string of the molecule is ClC1(Cl)Cc2ccc(cc2)CCc2ccc1cc2. The third-order valence-corrected chi connectivity index (χ3v) is 4.23. The molecule has 4 aliphatic carbocycles. The second kappa shape index (κ2) is 4.60. The molecule has 0 amide bonds. The van der Waals surface area contributed by atoms with E-state index >= 15 is 0 Å². The Bertz CT molecular complexity index is 538. The van der Waals surface area contributed by atoms with Crippen molar-refractivity contribution in [2.75, 3.05) is 0 Å². The lowest BCUT2D eigenvalue weighted by atomic mass is 9.96. The molecule has 0 radical (unpaired) electrons. The highest BCUT2D eigenvalue weighted by Crippen LogP contribution is 2.37. The molecule has 0 atom stereocenters. The van der Waals surface area contributed by atoms with Crippen molar-refractivity contribution in [1.82, 2.24) is 0 Å². The van der Waals surface area contributed by atoms with Crippen LogP contribution >= 0.6 is 23.2 Å². The first-order valence-corrected chi connectivity index (χ1v) is 6.94. The molecule has 4 bridgehead atoms. The molecule has 2 aromatic carbocycles. The summed E-state index contributed by atoms with van der Waals surface area (Å²) in [5, 5.41) is 0. The Balaban J connectivity index is 2.08. The number of rotatable bonds is 0. The molecule has 0 spiro atoms. The summed E-state index contributed by atoms with van der Waals surface area (Å²) in [5.74, 6) is 0. The molecule has 0 unspecified atom stereocenters. The highest BCUT2D eigenvalue weighted by molar-refractivity contribution is 6.48. The van der Waals surface area contributed by atoms with Gasteiger partial charge in [0.1, 0.15) is 4.33 Å². The van der Waals surface area contributed by atoms with Crippen molar-refractivity contribution < 1.29 is 0 Å². The van der Waals surface area contributed by atoms with Crippen molar-refractivity contribution in [1.29, 1.82) is 0 Å². The van der Waals surface area contributed by atoms with Crippen LogP contribution in [0, 0.1) is 0 Å². The summed E-state index contributed by atoms with van der Waals surface area (Å²) >= 11 is 12.9. The number of hydrogen-bond acceptors (Lipinski definition) is 0.